The quantitative estimate of drug-likeness (QED) is 0.722. The summed E-state index contributed by atoms with van der Waals surface area (Å²) in [6.45, 7) is 3.80. The maximum Gasteiger partial charge on any atom is 0.225 e. The molecule has 0 saturated carbocycles. The molecule has 1 amide bonds. The Morgan fingerprint density at radius 1 is 0.963 bits per heavy atom. The third-order valence-electron chi connectivity index (χ3n) is 4.18. The standard InChI is InChI=1S/C20H23Cl2NO4/c1-20(2,13-6-7-14(21)15(22)11-13)23-18(24)10-12-8-16(25-3)19(27-5)17(9-12)26-4/h6-9,11H,10H2,1-5H3,(H,23,24). The Hall–Kier alpha value is -2.11. The number of halogens is 2. The maximum atomic E-state index is 12.6. The van der Waals surface area contributed by atoms with Gasteiger partial charge in [0.05, 0.1) is 43.3 Å². The molecule has 5 nitrogen and oxygen atoms in total. The second-order valence-corrected chi connectivity index (χ2v) is 7.33. The fourth-order valence-electron chi connectivity index (χ4n) is 2.77. The van der Waals surface area contributed by atoms with Crippen LogP contribution in [0.15, 0.2) is 30.3 Å². The lowest BCUT2D eigenvalue weighted by atomic mass is 9.94. The van der Waals surface area contributed by atoms with Crippen LogP contribution in [0, 0.1) is 0 Å². The molecule has 2 rings (SSSR count). The van der Waals surface area contributed by atoms with E-state index in [9.17, 15) is 4.79 Å². The van der Waals surface area contributed by atoms with Crippen LogP contribution in [0.5, 0.6) is 17.2 Å². The van der Waals surface area contributed by atoms with Crippen molar-refractivity contribution in [3.8, 4) is 17.2 Å². The SMILES string of the molecule is COc1cc(CC(=O)NC(C)(C)c2ccc(Cl)c(Cl)c2)cc(OC)c1OC. The van der Waals surface area contributed by atoms with Crippen LogP contribution in [-0.4, -0.2) is 27.2 Å². The first-order valence-corrected chi connectivity index (χ1v) is 9.02. The number of carbonyl (C=O) groups excluding carboxylic acids is 1. The molecule has 2 aromatic carbocycles. The minimum atomic E-state index is -0.619. The summed E-state index contributed by atoms with van der Waals surface area (Å²) in [6, 6.07) is 8.82. The van der Waals surface area contributed by atoms with Crippen molar-refractivity contribution in [2.45, 2.75) is 25.8 Å². The molecule has 146 valence electrons. The Labute approximate surface area is 169 Å². The molecule has 0 aliphatic carbocycles. The van der Waals surface area contributed by atoms with Crippen LogP contribution in [0.3, 0.4) is 0 Å². The Bertz CT molecular complexity index is 812. The molecule has 0 spiro atoms. The van der Waals surface area contributed by atoms with Gasteiger partial charge in [-0.3, -0.25) is 4.79 Å². The molecule has 27 heavy (non-hydrogen) atoms. The van der Waals surface area contributed by atoms with E-state index in [4.69, 9.17) is 37.4 Å². The van der Waals surface area contributed by atoms with Crippen LogP contribution in [-0.2, 0) is 16.8 Å². The number of hydrogen-bond acceptors (Lipinski definition) is 4. The van der Waals surface area contributed by atoms with E-state index in [1.54, 1.807) is 24.3 Å². The number of methoxy groups -OCH3 is 3. The molecule has 0 saturated heterocycles. The predicted molar refractivity (Wildman–Crippen MR) is 107 cm³/mol. The van der Waals surface area contributed by atoms with Crippen molar-refractivity contribution in [1.29, 1.82) is 0 Å². The van der Waals surface area contributed by atoms with Crippen LogP contribution < -0.4 is 19.5 Å². The van der Waals surface area contributed by atoms with Gasteiger partial charge in [0, 0.05) is 0 Å². The summed E-state index contributed by atoms with van der Waals surface area (Å²) in [5, 5.41) is 3.94. The molecule has 0 fully saturated rings. The van der Waals surface area contributed by atoms with Crippen LogP contribution >= 0.6 is 23.2 Å². The molecule has 0 atom stereocenters. The smallest absolute Gasteiger partial charge is 0.225 e. The minimum absolute atomic E-state index is 0.152. The van der Waals surface area contributed by atoms with Gasteiger partial charge in [-0.2, -0.15) is 0 Å². The van der Waals surface area contributed by atoms with Gasteiger partial charge in [-0.1, -0.05) is 29.3 Å². The summed E-state index contributed by atoms with van der Waals surface area (Å²) in [6.07, 6.45) is 0.154. The summed E-state index contributed by atoms with van der Waals surface area (Å²) >= 11 is 12.1. The Morgan fingerprint density at radius 2 is 1.56 bits per heavy atom. The van der Waals surface area contributed by atoms with E-state index < -0.39 is 5.54 Å². The molecule has 2 aromatic rings. The van der Waals surface area contributed by atoms with E-state index in [2.05, 4.69) is 5.32 Å². The van der Waals surface area contributed by atoms with E-state index in [0.717, 1.165) is 11.1 Å². The van der Waals surface area contributed by atoms with Crippen molar-refractivity contribution in [3.63, 3.8) is 0 Å². The number of rotatable bonds is 7. The van der Waals surface area contributed by atoms with Crippen LogP contribution in [0.2, 0.25) is 10.0 Å². The van der Waals surface area contributed by atoms with Gasteiger partial charge in [0.15, 0.2) is 11.5 Å². The number of amides is 1. The molecule has 0 aliphatic rings. The molecular weight excluding hydrogens is 389 g/mol. The van der Waals surface area contributed by atoms with E-state index in [0.29, 0.717) is 27.3 Å². The molecule has 0 unspecified atom stereocenters. The topological polar surface area (TPSA) is 56.8 Å². The van der Waals surface area contributed by atoms with Crippen LogP contribution in [0.4, 0.5) is 0 Å². The molecule has 0 bridgehead atoms. The normalized spacial score (nSPS) is 11.1. The summed E-state index contributed by atoms with van der Waals surface area (Å²) in [7, 11) is 4.61. The highest BCUT2D eigenvalue weighted by Gasteiger charge is 2.24. The molecule has 0 aromatic heterocycles. The second kappa shape index (κ2) is 8.72. The minimum Gasteiger partial charge on any atom is -0.493 e. The van der Waals surface area contributed by atoms with Crippen LogP contribution in [0.25, 0.3) is 0 Å². The highest BCUT2D eigenvalue weighted by atomic mass is 35.5. The highest BCUT2D eigenvalue weighted by molar-refractivity contribution is 6.42. The molecule has 0 heterocycles. The zero-order chi connectivity index (χ0) is 20.2. The fourth-order valence-corrected chi connectivity index (χ4v) is 3.07. The van der Waals surface area contributed by atoms with E-state index in [1.807, 2.05) is 19.9 Å². The number of hydrogen-bond donors (Lipinski definition) is 1. The van der Waals surface area contributed by atoms with Gasteiger partial charge in [0.2, 0.25) is 11.7 Å². The molecule has 0 aliphatic heterocycles. The molecule has 0 radical (unpaired) electrons. The summed E-state index contributed by atoms with van der Waals surface area (Å²) in [5.74, 6) is 1.34. The molecular formula is C20H23Cl2NO4. The van der Waals surface area contributed by atoms with Crippen molar-refractivity contribution in [2.75, 3.05) is 21.3 Å². The van der Waals surface area contributed by atoms with Gasteiger partial charge in [-0.25, -0.2) is 0 Å². The zero-order valence-electron chi connectivity index (χ0n) is 16.0. The van der Waals surface area contributed by atoms with Gasteiger partial charge < -0.3 is 19.5 Å². The lowest BCUT2D eigenvalue weighted by Crippen LogP contribution is -2.41. The third-order valence-corrected chi connectivity index (χ3v) is 4.92. The Balaban J connectivity index is 2.20. The van der Waals surface area contributed by atoms with Crippen molar-refractivity contribution >= 4 is 29.1 Å². The first kappa shape index (κ1) is 21.2. The number of benzene rings is 2. The average molecular weight is 412 g/mol. The number of ether oxygens (including phenoxy) is 3. The van der Waals surface area contributed by atoms with Crippen molar-refractivity contribution in [2.24, 2.45) is 0 Å². The first-order chi connectivity index (χ1) is 12.7. The Kier molecular flexibility index (Phi) is 6.84. The van der Waals surface area contributed by atoms with Crippen LogP contribution in [0.1, 0.15) is 25.0 Å². The summed E-state index contributed by atoms with van der Waals surface area (Å²) < 4.78 is 16.0. The fraction of sp³-hybridized carbons (Fsp3) is 0.350. The largest absolute Gasteiger partial charge is 0.493 e. The number of nitrogens with one attached hydrogen (secondary N) is 1. The third kappa shape index (κ3) is 4.99. The van der Waals surface area contributed by atoms with Gasteiger partial charge in [-0.15, -0.1) is 0 Å². The maximum absolute atomic E-state index is 12.6. The second-order valence-electron chi connectivity index (χ2n) is 6.51. The molecule has 1 N–H and O–H groups in total. The highest BCUT2D eigenvalue weighted by Crippen LogP contribution is 2.38. The van der Waals surface area contributed by atoms with Gasteiger partial charge >= 0.3 is 0 Å². The van der Waals surface area contributed by atoms with Crippen molar-refractivity contribution < 1.29 is 19.0 Å². The summed E-state index contributed by atoms with van der Waals surface area (Å²) in [5.41, 5.74) is 0.980. The van der Waals surface area contributed by atoms with E-state index >= 15 is 0 Å². The van der Waals surface area contributed by atoms with Crippen molar-refractivity contribution in [3.05, 3.63) is 51.5 Å². The van der Waals surface area contributed by atoms with Crippen molar-refractivity contribution in [1.82, 2.24) is 5.32 Å². The number of carbonyl (C=O) groups is 1. The van der Waals surface area contributed by atoms with Gasteiger partial charge in [0.1, 0.15) is 0 Å². The average Bonchev–Trinajstić information content (AvgIpc) is 2.62. The zero-order valence-corrected chi connectivity index (χ0v) is 17.5. The summed E-state index contributed by atoms with van der Waals surface area (Å²) in [4.78, 5) is 12.6. The Morgan fingerprint density at radius 3 is 2.04 bits per heavy atom. The van der Waals surface area contributed by atoms with Gasteiger partial charge in [0.25, 0.3) is 0 Å². The molecule has 7 heteroatoms. The lowest BCUT2D eigenvalue weighted by molar-refractivity contribution is -0.122. The lowest BCUT2D eigenvalue weighted by Gasteiger charge is -2.27. The van der Waals surface area contributed by atoms with E-state index in [-0.39, 0.29) is 12.3 Å². The monoisotopic (exact) mass is 411 g/mol. The van der Waals surface area contributed by atoms with E-state index in [1.165, 1.54) is 21.3 Å². The first-order valence-electron chi connectivity index (χ1n) is 8.27. The van der Waals surface area contributed by atoms with Gasteiger partial charge in [-0.05, 0) is 49.2 Å². The predicted octanol–water partition coefficient (Wildman–Crippen LogP) is 4.61.